The molecular formula is C58H118N2O10. The zero-order valence-corrected chi connectivity index (χ0v) is 49.1. The Morgan fingerprint density at radius 3 is 1.41 bits per heavy atom. The number of likely N-dealkylation sites (tertiary alicyclic amines) is 2. The fourth-order valence-electron chi connectivity index (χ4n) is 7.23. The van der Waals surface area contributed by atoms with E-state index in [2.05, 4.69) is 58.3 Å². The lowest BCUT2D eigenvalue weighted by Crippen LogP contribution is -2.39. The molecule has 0 aromatic carbocycles. The van der Waals surface area contributed by atoms with Gasteiger partial charge in [0.2, 0.25) is 11.8 Å². The minimum Gasteiger partial charge on any atom is -0.466 e. The number of rotatable bonds is 31. The standard InChI is InChI=1S/C12H23NO.C10H19NO.C10H20O2.C7H14O2.C7H16O.C6H12O2.C6H14O/c1-3-8-11(4-2)13-10-7-5-6-9-12(13)14;1-3-6-9(4-2)11-8-5-7-10(11)12;1-3-10(11)8-6-5-7-9-12-4-2;1-4-6(3)7(8)9-5-2;1-4-6-7(3)8-5-2;1-3-6(7)5-8-4-2;1-3-5-6-7-4-2/h11H,3-10H2,1-2H3;9H,3-8H2,1-2H3;3-9H2,1-2H3;6H,4-5H2,1-3H3;7H,4-6H2,1-3H3;3-5H2,1-2H3;3-6H2,1-2H3. The Morgan fingerprint density at radius 1 is 0.500 bits per heavy atom. The van der Waals surface area contributed by atoms with Gasteiger partial charge >= 0.3 is 5.97 Å². The van der Waals surface area contributed by atoms with Crippen molar-refractivity contribution in [1.29, 1.82) is 0 Å². The number of carbonyl (C=O) groups is 5. The molecule has 420 valence electrons. The second kappa shape index (κ2) is 60.9. The van der Waals surface area contributed by atoms with Crippen molar-refractivity contribution >= 4 is 29.4 Å². The number of hydrogen-bond donors (Lipinski definition) is 0. The minimum absolute atomic E-state index is 0.0601. The third-order valence-electron chi connectivity index (χ3n) is 11.8. The van der Waals surface area contributed by atoms with Crippen LogP contribution in [0.15, 0.2) is 0 Å². The number of nitrogens with zero attached hydrogens (tertiary/aromatic N) is 2. The first-order valence-corrected chi connectivity index (χ1v) is 28.8. The Labute approximate surface area is 433 Å². The van der Waals surface area contributed by atoms with Crippen LogP contribution in [0, 0.1) is 5.92 Å². The third kappa shape index (κ3) is 51.9. The van der Waals surface area contributed by atoms with Gasteiger partial charge in [0.05, 0.1) is 18.6 Å². The van der Waals surface area contributed by atoms with Crippen molar-refractivity contribution in [3.8, 4) is 0 Å². The zero-order chi connectivity index (χ0) is 54.2. The van der Waals surface area contributed by atoms with Crippen LogP contribution in [-0.2, 0) is 47.7 Å². The first-order chi connectivity index (χ1) is 33.6. The van der Waals surface area contributed by atoms with Gasteiger partial charge in [0, 0.05) is 96.9 Å². The molecule has 2 rings (SSSR count). The summed E-state index contributed by atoms with van der Waals surface area (Å²) in [5.41, 5.74) is 0. The molecule has 4 atom stereocenters. The molecule has 70 heavy (non-hydrogen) atoms. The summed E-state index contributed by atoms with van der Waals surface area (Å²) in [6, 6.07) is 1.02. The van der Waals surface area contributed by atoms with E-state index >= 15 is 0 Å². The monoisotopic (exact) mass is 1000 g/mol. The molecule has 2 aliphatic heterocycles. The van der Waals surface area contributed by atoms with Gasteiger partial charge in [-0.15, -0.1) is 0 Å². The summed E-state index contributed by atoms with van der Waals surface area (Å²) in [6.07, 6.45) is 24.5. The van der Waals surface area contributed by atoms with Gasteiger partial charge < -0.3 is 33.5 Å². The lowest BCUT2D eigenvalue weighted by molar-refractivity contribution is -0.147. The Kier molecular flexibility index (Phi) is 66.6. The lowest BCUT2D eigenvalue weighted by atomic mass is 10.1. The molecule has 0 spiro atoms. The smallest absolute Gasteiger partial charge is 0.308 e. The van der Waals surface area contributed by atoms with Gasteiger partial charge in [0.1, 0.15) is 12.4 Å². The molecule has 0 aromatic rings. The summed E-state index contributed by atoms with van der Waals surface area (Å²) < 4.78 is 25.1. The number of esters is 1. The molecule has 2 saturated heterocycles. The fourth-order valence-corrected chi connectivity index (χ4v) is 7.23. The summed E-state index contributed by atoms with van der Waals surface area (Å²) in [5.74, 6) is 1.29. The quantitative estimate of drug-likeness (QED) is 0.0487. The van der Waals surface area contributed by atoms with Gasteiger partial charge in [-0.1, -0.05) is 108 Å². The van der Waals surface area contributed by atoms with Crippen LogP contribution in [0.2, 0.25) is 0 Å². The first-order valence-electron chi connectivity index (χ1n) is 28.8. The SMILES string of the molecule is CCCC(C)OCC.CCCC(CC)N1CCCC1=O.CCCC(CC)N1CCCCCC1=O.CCCCOCC.CCOC(=O)C(C)CC.CCOCC(=O)CC.CCOCCCCCC(=O)CC. The zero-order valence-electron chi connectivity index (χ0n) is 49.1. The number of carbonyl (C=O) groups excluding carboxylic acids is 5. The molecule has 2 fully saturated rings. The van der Waals surface area contributed by atoms with E-state index in [1.165, 1.54) is 64.2 Å². The van der Waals surface area contributed by atoms with Gasteiger partial charge in [0.25, 0.3) is 0 Å². The van der Waals surface area contributed by atoms with Crippen molar-refractivity contribution in [2.45, 2.75) is 277 Å². The van der Waals surface area contributed by atoms with E-state index in [4.69, 9.17) is 23.7 Å². The lowest BCUT2D eigenvalue weighted by Gasteiger charge is -2.30. The maximum atomic E-state index is 11.8. The fraction of sp³-hybridized carbons (Fsp3) is 0.914. The highest BCUT2D eigenvalue weighted by molar-refractivity contribution is 5.79. The van der Waals surface area contributed by atoms with Gasteiger partial charge in [-0.2, -0.15) is 0 Å². The minimum atomic E-state index is -0.0833. The van der Waals surface area contributed by atoms with E-state index in [0.29, 0.717) is 61.8 Å². The van der Waals surface area contributed by atoms with E-state index in [1.54, 1.807) is 0 Å². The molecule has 12 heteroatoms. The third-order valence-corrected chi connectivity index (χ3v) is 11.8. The Morgan fingerprint density at radius 2 is 1.00 bits per heavy atom. The molecule has 0 aromatic heterocycles. The van der Waals surface area contributed by atoms with Crippen molar-refractivity contribution in [2.75, 3.05) is 65.9 Å². The summed E-state index contributed by atoms with van der Waals surface area (Å²) in [7, 11) is 0. The van der Waals surface area contributed by atoms with Crippen molar-refractivity contribution in [3.05, 3.63) is 0 Å². The van der Waals surface area contributed by atoms with E-state index in [-0.39, 0.29) is 24.3 Å². The van der Waals surface area contributed by atoms with Crippen LogP contribution >= 0.6 is 0 Å². The van der Waals surface area contributed by atoms with E-state index in [0.717, 1.165) is 117 Å². The van der Waals surface area contributed by atoms with Crippen LogP contribution in [0.4, 0.5) is 0 Å². The van der Waals surface area contributed by atoms with Crippen LogP contribution in [0.5, 0.6) is 0 Å². The number of hydrogen-bond acceptors (Lipinski definition) is 10. The predicted molar refractivity (Wildman–Crippen MR) is 295 cm³/mol. The van der Waals surface area contributed by atoms with Crippen LogP contribution in [0.3, 0.4) is 0 Å². The van der Waals surface area contributed by atoms with E-state index < -0.39 is 0 Å². The van der Waals surface area contributed by atoms with Crippen molar-refractivity contribution < 1.29 is 47.7 Å². The topological polar surface area (TPSA) is 138 Å². The second-order valence-electron chi connectivity index (χ2n) is 17.9. The Bertz CT molecular complexity index is 1130. The van der Waals surface area contributed by atoms with Gasteiger partial charge in [-0.3, -0.25) is 24.0 Å². The summed E-state index contributed by atoms with van der Waals surface area (Å²) in [6.45, 7) is 40.3. The van der Waals surface area contributed by atoms with Crippen LogP contribution in [0.25, 0.3) is 0 Å². The maximum absolute atomic E-state index is 11.8. The number of unbranched alkanes of at least 4 members (excludes halogenated alkanes) is 3. The molecule has 0 aliphatic carbocycles. The highest BCUT2D eigenvalue weighted by Gasteiger charge is 2.26. The average Bonchev–Trinajstić information content (AvgIpc) is 3.68. The second-order valence-corrected chi connectivity index (χ2v) is 17.9. The molecule has 0 bridgehead atoms. The van der Waals surface area contributed by atoms with Crippen molar-refractivity contribution in [1.82, 2.24) is 9.80 Å². The van der Waals surface area contributed by atoms with Gasteiger partial charge in [-0.05, 0) is 119 Å². The van der Waals surface area contributed by atoms with Crippen molar-refractivity contribution in [3.63, 3.8) is 0 Å². The van der Waals surface area contributed by atoms with Crippen LogP contribution in [0.1, 0.15) is 258 Å². The molecule has 4 unspecified atom stereocenters. The van der Waals surface area contributed by atoms with Gasteiger partial charge in [-0.25, -0.2) is 0 Å². The molecule has 0 N–H and O–H groups in total. The largest absolute Gasteiger partial charge is 0.466 e. The molecule has 2 aliphatic rings. The van der Waals surface area contributed by atoms with Gasteiger partial charge in [0.15, 0.2) is 5.78 Å². The molecule has 2 heterocycles. The highest BCUT2D eigenvalue weighted by Crippen LogP contribution is 2.20. The highest BCUT2D eigenvalue weighted by atomic mass is 16.5. The Balaban J connectivity index is -0.000000238. The van der Waals surface area contributed by atoms with Crippen molar-refractivity contribution in [2.24, 2.45) is 5.92 Å². The maximum Gasteiger partial charge on any atom is 0.308 e. The van der Waals surface area contributed by atoms with E-state index in [1.807, 2.05) is 62.3 Å². The number of ketones is 2. The van der Waals surface area contributed by atoms with Crippen LogP contribution in [-0.4, -0.2) is 123 Å². The predicted octanol–water partition coefficient (Wildman–Crippen LogP) is 14.3. The molecule has 0 radical (unpaired) electrons. The molecule has 12 nitrogen and oxygen atoms in total. The van der Waals surface area contributed by atoms with Crippen LogP contribution < -0.4 is 0 Å². The average molecular weight is 1000 g/mol. The molecule has 2 amide bonds. The number of Topliss-reactive ketones (excluding diaryl/α,β-unsaturated/α-hetero) is 2. The number of amides is 2. The molecular weight excluding hydrogens is 885 g/mol. The first kappa shape index (κ1) is 76.5. The summed E-state index contributed by atoms with van der Waals surface area (Å²) >= 11 is 0. The normalized spacial score (nSPS) is 14.6. The molecule has 0 saturated carbocycles. The summed E-state index contributed by atoms with van der Waals surface area (Å²) in [5, 5.41) is 0. The van der Waals surface area contributed by atoms with E-state index in [9.17, 15) is 24.0 Å². The summed E-state index contributed by atoms with van der Waals surface area (Å²) in [4.78, 5) is 59.5. The Hall–Kier alpha value is -2.41. The number of ether oxygens (including phenoxy) is 5.